The minimum Gasteiger partial charge on any atom is -0.497 e. The number of H-pyrrole nitrogens is 1. The van der Waals surface area contributed by atoms with E-state index in [4.69, 9.17) is 10.5 Å². The van der Waals surface area contributed by atoms with Gasteiger partial charge in [0.15, 0.2) is 0 Å². The van der Waals surface area contributed by atoms with Gasteiger partial charge in [-0.3, -0.25) is 0 Å². The fourth-order valence-electron chi connectivity index (χ4n) is 2.32. The zero-order valence-corrected chi connectivity index (χ0v) is 12.4. The molecule has 19 heavy (non-hydrogen) atoms. The van der Waals surface area contributed by atoms with Crippen LogP contribution < -0.4 is 10.5 Å². The SMILES string of the molecule is CCCCC[C@@H](N)c1c[nH]c2ccc(OC)cc12.Cl. The quantitative estimate of drug-likeness (QED) is 0.781. The molecule has 0 aliphatic rings. The first kappa shape index (κ1) is 15.9. The summed E-state index contributed by atoms with van der Waals surface area (Å²) >= 11 is 0. The van der Waals surface area contributed by atoms with E-state index in [0.717, 1.165) is 17.7 Å². The molecule has 0 saturated heterocycles. The Bertz CT molecular complexity index is 510. The molecular weight excluding hydrogens is 260 g/mol. The first-order valence-electron chi connectivity index (χ1n) is 6.67. The number of hydrogen-bond acceptors (Lipinski definition) is 2. The van der Waals surface area contributed by atoms with Crippen LogP contribution in [0.4, 0.5) is 0 Å². The maximum Gasteiger partial charge on any atom is 0.119 e. The van der Waals surface area contributed by atoms with Crippen molar-refractivity contribution in [2.45, 2.75) is 38.6 Å². The monoisotopic (exact) mass is 282 g/mol. The Morgan fingerprint density at radius 3 is 2.79 bits per heavy atom. The van der Waals surface area contributed by atoms with E-state index < -0.39 is 0 Å². The Morgan fingerprint density at radius 1 is 1.32 bits per heavy atom. The van der Waals surface area contributed by atoms with Crippen LogP contribution in [0.5, 0.6) is 5.75 Å². The molecule has 0 amide bonds. The Morgan fingerprint density at radius 2 is 2.11 bits per heavy atom. The van der Waals surface area contributed by atoms with Crippen LogP contribution in [-0.2, 0) is 0 Å². The molecule has 0 unspecified atom stereocenters. The lowest BCUT2D eigenvalue weighted by molar-refractivity contribution is 0.415. The van der Waals surface area contributed by atoms with Gasteiger partial charge in [-0.2, -0.15) is 0 Å². The number of aromatic nitrogens is 1. The molecule has 1 aromatic heterocycles. The minimum atomic E-state index is 0. The standard InChI is InChI=1S/C15H22N2O.ClH/c1-3-4-5-6-14(16)13-10-17-15-8-7-11(18-2)9-12(13)15;/h7-10,14,17H,3-6,16H2,1-2H3;1H/t14-;/m1./s1. The van der Waals surface area contributed by atoms with Crippen molar-refractivity contribution in [2.75, 3.05) is 7.11 Å². The lowest BCUT2D eigenvalue weighted by Gasteiger charge is -2.10. The average Bonchev–Trinajstić information content (AvgIpc) is 2.81. The largest absolute Gasteiger partial charge is 0.497 e. The number of unbranched alkanes of at least 4 members (excludes halogenated alkanes) is 2. The van der Waals surface area contributed by atoms with Crippen LogP contribution in [0.1, 0.15) is 44.2 Å². The van der Waals surface area contributed by atoms with E-state index in [-0.39, 0.29) is 18.4 Å². The van der Waals surface area contributed by atoms with E-state index in [0.29, 0.717) is 0 Å². The summed E-state index contributed by atoms with van der Waals surface area (Å²) in [5.74, 6) is 0.879. The molecule has 0 spiro atoms. The molecule has 0 radical (unpaired) electrons. The first-order valence-corrected chi connectivity index (χ1v) is 6.67. The Labute approximate surface area is 120 Å². The fraction of sp³-hybridized carbons (Fsp3) is 0.467. The van der Waals surface area contributed by atoms with Gasteiger partial charge in [-0.15, -0.1) is 12.4 Å². The van der Waals surface area contributed by atoms with Crippen LogP contribution in [0.25, 0.3) is 10.9 Å². The van der Waals surface area contributed by atoms with Crippen LogP contribution in [0.3, 0.4) is 0 Å². The second-order valence-corrected chi connectivity index (χ2v) is 4.76. The molecule has 0 aliphatic heterocycles. The molecule has 4 heteroatoms. The fourth-order valence-corrected chi connectivity index (χ4v) is 2.32. The van der Waals surface area contributed by atoms with Gasteiger partial charge in [0.1, 0.15) is 5.75 Å². The first-order chi connectivity index (χ1) is 8.76. The van der Waals surface area contributed by atoms with Gasteiger partial charge in [-0.05, 0) is 30.2 Å². The molecule has 0 bridgehead atoms. The molecule has 3 nitrogen and oxygen atoms in total. The van der Waals surface area contributed by atoms with Crippen LogP contribution in [0.2, 0.25) is 0 Å². The predicted molar refractivity (Wildman–Crippen MR) is 83.2 cm³/mol. The predicted octanol–water partition coefficient (Wildman–Crippen LogP) is 4.18. The molecule has 1 atom stereocenters. The van der Waals surface area contributed by atoms with Crippen LogP contribution >= 0.6 is 12.4 Å². The van der Waals surface area contributed by atoms with Crippen molar-refractivity contribution < 1.29 is 4.74 Å². The van der Waals surface area contributed by atoms with Gasteiger partial charge in [-0.1, -0.05) is 26.2 Å². The number of hydrogen-bond donors (Lipinski definition) is 2. The molecule has 2 rings (SSSR count). The number of fused-ring (bicyclic) bond motifs is 1. The van der Waals surface area contributed by atoms with E-state index in [1.165, 1.54) is 30.2 Å². The van der Waals surface area contributed by atoms with Crippen molar-refractivity contribution in [2.24, 2.45) is 5.73 Å². The third kappa shape index (κ3) is 3.64. The lowest BCUT2D eigenvalue weighted by Crippen LogP contribution is -2.09. The molecule has 0 aliphatic carbocycles. The molecule has 0 fully saturated rings. The van der Waals surface area contributed by atoms with E-state index in [2.05, 4.69) is 18.0 Å². The summed E-state index contributed by atoms with van der Waals surface area (Å²) in [4.78, 5) is 3.28. The van der Waals surface area contributed by atoms with Crippen molar-refractivity contribution in [3.05, 3.63) is 30.0 Å². The third-order valence-electron chi connectivity index (χ3n) is 3.44. The molecule has 1 heterocycles. The summed E-state index contributed by atoms with van der Waals surface area (Å²) in [7, 11) is 1.69. The summed E-state index contributed by atoms with van der Waals surface area (Å²) in [6, 6.07) is 6.17. The number of benzene rings is 1. The highest BCUT2D eigenvalue weighted by Crippen LogP contribution is 2.28. The highest BCUT2D eigenvalue weighted by molar-refractivity contribution is 5.85. The Balaban J connectivity index is 0.00000180. The second-order valence-electron chi connectivity index (χ2n) is 4.76. The number of methoxy groups -OCH3 is 1. The summed E-state index contributed by atoms with van der Waals surface area (Å²) in [6.45, 7) is 2.21. The average molecular weight is 283 g/mol. The van der Waals surface area contributed by atoms with Crippen LogP contribution in [-0.4, -0.2) is 12.1 Å². The van der Waals surface area contributed by atoms with E-state index >= 15 is 0 Å². The normalized spacial score (nSPS) is 12.2. The third-order valence-corrected chi connectivity index (χ3v) is 3.44. The number of halogens is 1. The Hall–Kier alpha value is -1.19. The highest BCUT2D eigenvalue weighted by atomic mass is 35.5. The molecule has 106 valence electrons. The second kappa shape index (κ2) is 7.41. The van der Waals surface area contributed by atoms with Gasteiger partial charge in [0.25, 0.3) is 0 Å². The number of nitrogens with one attached hydrogen (secondary N) is 1. The van der Waals surface area contributed by atoms with E-state index in [9.17, 15) is 0 Å². The van der Waals surface area contributed by atoms with Crippen molar-refractivity contribution in [1.82, 2.24) is 4.98 Å². The maximum atomic E-state index is 6.28. The number of aromatic amines is 1. The summed E-state index contributed by atoms with van der Waals surface area (Å²) in [6.07, 6.45) is 6.74. The van der Waals surface area contributed by atoms with E-state index in [1.54, 1.807) is 7.11 Å². The molecule has 3 N–H and O–H groups in total. The summed E-state index contributed by atoms with van der Waals surface area (Å²) < 4.78 is 5.27. The minimum absolute atomic E-state index is 0. The lowest BCUT2D eigenvalue weighted by atomic mass is 10.0. The summed E-state index contributed by atoms with van der Waals surface area (Å²) in [5.41, 5.74) is 8.59. The van der Waals surface area contributed by atoms with E-state index in [1.807, 2.05) is 18.3 Å². The molecule has 0 saturated carbocycles. The summed E-state index contributed by atoms with van der Waals surface area (Å²) in [5, 5.41) is 1.18. The number of rotatable bonds is 6. The van der Waals surface area contributed by atoms with Crippen molar-refractivity contribution in [1.29, 1.82) is 0 Å². The van der Waals surface area contributed by atoms with Gasteiger partial charge in [0.05, 0.1) is 7.11 Å². The van der Waals surface area contributed by atoms with Gasteiger partial charge in [0.2, 0.25) is 0 Å². The zero-order chi connectivity index (χ0) is 13.0. The maximum absolute atomic E-state index is 6.28. The molecule has 1 aromatic carbocycles. The van der Waals surface area contributed by atoms with Crippen molar-refractivity contribution >= 4 is 23.3 Å². The number of ether oxygens (including phenoxy) is 1. The topological polar surface area (TPSA) is 51.0 Å². The van der Waals surface area contributed by atoms with Gasteiger partial charge in [0, 0.05) is 23.1 Å². The number of nitrogens with two attached hydrogens (primary N) is 1. The van der Waals surface area contributed by atoms with Crippen LogP contribution in [0, 0.1) is 0 Å². The highest BCUT2D eigenvalue weighted by Gasteiger charge is 2.12. The van der Waals surface area contributed by atoms with Gasteiger partial charge < -0.3 is 15.5 Å². The molecular formula is C15H23ClN2O. The molecule has 2 aromatic rings. The Kier molecular flexibility index (Phi) is 6.19. The van der Waals surface area contributed by atoms with Crippen molar-refractivity contribution in [3.63, 3.8) is 0 Å². The smallest absolute Gasteiger partial charge is 0.119 e. The van der Waals surface area contributed by atoms with Gasteiger partial charge in [-0.25, -0.2) is 0 Å². The zero-order valence-electron chi connectivity index (χ0n) is 11.6. The van der Waals surface area contributed by atoms with Crippen LogP contribution in [0.15, 0.2) is 24.4 Å². The van der Waals surface area contributed by atoms with Gasteiger partial charge >= 0.3 is 0 Å². The van der Waals surface area contributed by atoms with Crippen molar-refractivity contribution in [3.8, 4) is 5.75 Å².